The van der Waals surface area contributed by atoms with Crippen LogP contribution in [0, 0.1) is 5.41 Å². The van der Waals surface area contributed by atoms with Crippen molar-refractivity contribution in [1.82, 2.24) is 0 Å². The van der Waals surface area contributed by atoms with E-state index in [-0.39, 0.29) is 5.57 Å². The maximum Gasteiger partial charge on any atom is 0.437 e. The first kappa shape index (κ1) is 27.0. The fraction of sp³-hybridized carbons (Fsp3) is 0.750. The zero-order valence-corrected chi connectivity index (χ0v) is 15.7. The summed E-state index contributed by atoms with van der Waals surface area (Å²) < 4.78 is 126. The minimum Gasteiger partial charge on any atom is -0.458 e. The molecule has 13 heteroatoms. The van der Waals surface area contributed by atoms with E-state index in [0.717, 1.165) is 6.92 Å². The third kappa shape index (κ3) is 6.26. The molecule has 170 valence electrons. The second-order valence-corrected chi connectivity index (χ2v) is 7.22. The minimum absolute atomic E-state index is 0.289. The molecule has 0 aromatic heterocycles. The molecule has 0 aromatic rings. The summed E-state index contributed by atoms with van der Waals surface area (Å²) in [6.07, 6.45) is -19.2. The number of halogens is 9. The van der Waals surface area contributed by atoms with Gasteiger partial charge in [0.15, 0.2) is 0 Å². The molecule has 0 spiro atoms. The molecule has 0 saturated heterocycles. The third-order valence-corrected chi connectivity index (χ3v) is 3.40. The van der Waals surface area contributed by atoms with Gasteiger partial charge in [0.1, 0.15) is 12.7 Å². The van der Waals surface area contributed by atoms with Gasteiger partial charge in [0.2, 0.25) is 0 Å². The number of hydrogen-bond acceptors (Lipinski definition) is 4. The van der Waals surface area contributed by atoms with Gasteiger partial charge in [-0.3, -0.25) is 4.79 Å². The van der Waals surface area contributed by atoms with Crippen LogP contribution >= 0.6 is 0 Å². The molecule has 0 aliphatic carbocycles. The highest BCUT2D eigenvalue weighted by atomic mass is 19.4. The Hall–Kier alpha value is -1.95. The number of ether oxygens (including phenoxy) is 2. The molecule has 0 aliphatic heterocycles. The van der Waals surface area contributed by atoms with Gasteiger partial charge in [-0.05, 0) is 27.7 Å². The van der Waals surface area contributed by atoms with E-state index in [1.807, 2.05) is 0 Å². The molecule has 29 heavy (non-hydrogen) atoms. The number of rotatable bonds is 7. The summed E-state index contributed by atoms with van der Waals surface area (Å²) >= 11 is 0. The molecule has 1 unspecified atom stereocenters. The Labute approximate surface area is 160 Å². The zero-order chi connectivity index (χ0) is 23.6. The highest BCUT2D eigenvalue weighted by Crippen LogP contribution is 2.56. The second kappa shape index (κ2) is 8.42. The molecule has 0 N–H and O–H groups in total. The van der Waals surface area contributed by atoms with Gasteiger partial charge in [-0.15, -0.1) is 0 Å². The topological polar surface area (TPSA) is 52.6 Å². The smallest absolute Gasteiger partial charge is 0.437 e. The van der Waals surface area contributed by atoms with Crippen LogP contribution in [0.5, 0.6) is 0 Å². The summed E-state index contributed by atoms with van der Waals surface area (Å²) in [4.78, 5) is 23.1. The van der Waals surface area contributed by atoms with Crippen molar-refractivity contribution in [2.45, 2.75) is 64.2 Å². The summed E-state index contributed by atoms with van der Waals surface area (Å²) in [6, 6.07) is 0. The molecule has 0 fully saturated rings. The van der Waals surface area contributed by atoms with Crippen LogP contribution in [0.25, 0.3) is 0 Å². The van der Waals surface area contributed by atoms with Crippen molar-refractivity contribution in [1.29, 1.82) is 0 Å². The van der Waals surface area contributed by atoms with Crippen molar-refractivity contribution >= 4 is 11.9 Å². The lowest BCUT2D eigenvalue weighted by atomic mass is 9.91. The SMILES string of the molecule is C=C(C)C(=O)OCC(CC(F)(F)C(F)(C(F)(F)F)C(F)(F)F)OC(=O)C(C)(C)C. The van der Waals surface area contributed by atoms with Crippen LogP contribution in [-0.4, -0.2) is 48.6 Å². The zero-order valence-electron chi connectivity index (χ0n) is 15.7. The van der Waals surface area contributed by atoms with Crippen LogP contribution in [0.15, 0.2) is 12.2 Å². The Morgan fingerprint density at radius 2 is 1.31 bits per heavy atom. The van der Waals surface area contributed by atoms with E-state index >= 15 is 0 Å². The van der Waals surface area contributed by atoms with E-state index in [1.165, 1.54) is 20.8 Å². The fourth-order valence-corrected chi connectivity index (χ4v) is 1.76. The van der Waals surface area contributed by atoms with Crippen LogP contribution in [0.4, 0.5) is 39.5 Å². The maximum atomic E-state index is 14.0. The molecule has 0 saturated carbocycles. The van der Waals surface area contributed by atoms with Gasteiger partial charge in [-0.1, -0.05) is 6.58 Å². The molecule has 0 amide bonds. The summed E-state index contributed by atoms with van der Waals surface area (Å²) in [5, 5.41) is 0. The minimum atomic E-state index is -7.04. The summed E-state index contributed by atoms with van der Waals surface area (Å²) in [7, 11) is 0. The normalized spacial score (nSPS) is 14.9. The van der Waals surface area contributed by atoms with E-state index in [0.29, 0.717) is 0 Å². The maximum absolute atomic E-state index is 14.0. The lowest BCUT2D eigenvalue weighted by Gasteiger charge is -2.37. The van der Waals surface area contributed by atoms with Gasteiger partial charge in [0, 0.05) is 5.57 Å². The number of alkyl halides is 9. The molecule has 4 nitrogen and oxygen atoms in total. The van der Waals surface area contributed by atoms with Crippen LogP contribution in [0.1, 0.15) is 34.1 Å². The summed E-state index contributed by atoms with van der Waals surface area (Å²) in [6.45, 7) is 6.49. The van der Waals surface area contributed by atoms with Gasteiger partial charge in [0.25, 0.3) is 0 Å². The molecule has 0 rings (SSSR count). The fourth-order valence-electron chi connectivity index (χ4n) is 1.76. The largest absolute Gasteiger partial charge is 0.458 e. The standard InChI is InChI=1S/C16H19F9O4/c1-8(2)10(26)28-7-9(29-11(27)12(3,4)5)6-13(17,18)14(19,15(20,21)22)16(23,24)25/h9H,1,6-7H2,2-5H3. The lowest BCUT2D eigenvalue weighted by molar-refractivity contribution is -0.399. The first-order valence-electron chi connectivity index (χ1n) is 7.82. The predicted octanol–water partition coefficient (Wildman–Crippen LogP) is 4.92. The molecular formula is C16H19F9O4. The van der Waals surface area contributed by atoms with Crippen molar-refractivity contribution < 1.29 is 58.6 Å². The number of carbonyl (C=O) groups excluding carboxylic acids is 2. The molecule has 0 bridgehead atoms. The molecular weight excluding hydrogens is 427 g/mol. The molecule has 0 aromatic carbocycles. The highest BCUT2D eigenvalue weighted by Gasteiger charge is 2.84. The van der Waals surface area contributed by atoms with Crippen LogP contribution in [-0.2, 0) is 19.1 Å². The van der Waals surface area contributed by atoms with E-state index in [9.17, 15) is 49.1 Å². The Bertz CT molecular complexity index is 616. The van der Waals surface area contributed by atoms with Crippen molar-refractivity contribution in [3.8, 4) is 0 Å². The van der Waals surface area contributed by atoms with Gasteiger partial charge in [-0.25, -0.2) is 18.0 Å². The Balaban J connectivity index is 5.96. The van der Waals surface area contributed by atoms with Crippen LogP contribution in [0.3, 0.4) is 0 Å². The Morgan fingerprint density at radius 1 is 0.897 bits per heavy atom. The van der Waals surface area contributed by atoms with E-state index < -0.39 is 60.4 Å². The summed E-state index contributed by atoms with van der Waals surface area (Å²) in [5.41, 5.74) is -8.63. The number of esters is 2. The van der Waals surface area contributed by atoms with Crippen molar-refractivity contribution in [3.63, 3.8) is 0 Å². The van der Waals surface area contributed by atoms with Crippen LogP contribution < -0.4 is 0 Å². The number of carbonyl (C=O) groups is 2. The average molecular weight is 446 g/mol. The lowest BCUT2D eigenvalue weighted by Crippen LogP contribution is -2.65. The monoisotopic (exact) mass is 446 g/mol. The molecule has 0 radical (unpaired) electrons. The first-order chi connectivity index (χ1) is 12.6. The average Bonchev–Trinajstić information content (AvgIpc) is 2.47. The van der Waals surface area contributed by atoms with Crippen molar-refractivity contribution in [2.24, 2.45) is 5.41 Å². The van der Waals surface area contributed by atoms with Gasteiger partial charge < -0.3 is 9.47 Å². The summed E-state index contributed by atoms with van der Waals surface area (Å²) in [5.74, 6) is -8.68. The van der Waals surface area contributed by atoms with Gasteiger partial charge in [-0.2, -0.15) is 26.3 Å². The highest BCUT2D eigenvalue weighted by molar-refractivity contribution is 5.86. The van der Waals surface area contributed by atoms with E-state index in [2.05, 4.69) is 16.1 Å². The van der Waals surface area contributed by atoms with E-state index in [4.69, 9.17) is 0 Å². The third-order valence-electron chi connectivity index (χ3n) is 3.40. The molecule has 0 heterocycles. The van der Waals surface area contributed by atoms with Crippen molar-refractivity contribution in [2.75, 3.05) is 6.61 Å². The first-order valence-corrected chi connectivity index (χ1v) is 7.82. The molecule has 0 aliphatic rings. The number of hydrogen-bond donors (Lipinski definition) is 0. The quantitative estimate of drug-likeness (QED) is 0.317. The second-order valence-electron chi connectivity index (χ2n) is 7.22. The molecule has 1 atom stereocenters. The Kier molecular flexibility index (Phi) is 7.86. The van der Waals surface area contributed by atoms with E-state index in [1.54, 1.807) is 0 Å². The predicted molar refractivity (Wildman–Crippen MR) is 80.6 cm³/mol. The van der Waals surface area contributed by atoms with Crippen LogP contribution in [0.2, 0.25) is 0 Å². The van der Waals surface area contributed by atoms with Gasteiger partial charge >= 0.3 is 35.9 Å². The van der Waals surface area contributed by atoms with Gasteiger partial charge in [0.05, 0.1) is 11.8 Å². The Morgan fingerprint density at radius 3 is 1.62 bits per heavy atom. The van der Waals surface area contributed by atoms with Crippen molar-refractivity contribution in [3.05, 3.63) is 12.2 Å².